The maximum absolute atomic E-state index is 14.5. The fourth-order valence-corrected chi connectivity index (χ4v) is 4.03. The summed E-state index contributed by atoms with van der Waals surface area (Å²) in [6.45, 7) is 0.650. The summed E-state index contributed by atoms with van der Waals surface area (Å²) < 4.78 is 42.5. The van der Waals surface area contributed by atoms with Crippen molar-refractivity contribution in [3.8, 4) is 0 Å². The van der Waals surface area contributed by atoms with Gasteiger partial charge in [-0.25, -0.2) is 17.6 Å². The number of nitrogens with zero attached hydrogens (tertiary/aromatic N) is 5. The monoisotopic (exact) mass is 369 g/mol. The summed E-state index contributed by atoms with van der Waals surface area (Å²) >= 11 is 0. The number of azide groups is 1. The van der Waals surface area contributed by atoms with Crippen molar-refractivity contribution in [2.45, 2.75) is 6.10 Å². The molecule has 25 heavy (non-hydrogen) atoms. The predicted molar refractivity (Wildman–Crippen MR) is 88.9 cm³/mol. The Kier molecular flexibility index (Phi) is 4.69. The maximum Gasteiger partial charge on any atom is 0.414 e. The van der Waals surface area contributed by atoms with Crippen molar-refractivity contribution in [2.24, 2.45) is 5.11 Å². The molecule has 0 aromatic heterocycles. The molecule has 1 aromatic rings. The molecule has 3 rings (SSSR count). The molecule has 2 aliphatic heterocycles. The van der Waals surface area contributed by atoms with Crippen LogP contribution >= 0.6 is 0 Å². The second-order valence-corrected chi connectivity index (χ2v) is 8.11. The van der Waals surface area contributed by atoms with Gasteiger partial charge in [0.15, 0.2) is 9.84 Å². The lowest BCUT2D eigenvalue weighted by Crippen LogP contribution is -2.40. The Hall–Kier alpha value is -2.52. The number of halogens is 1. The average Bonchev–Trinajstić information content (AvgIpc) is 2.94. The Morgan fingerprint density at radius 1 is 1.36 bits per heavy atom. The first-order chi connectivity index (χ1) is 11.9. The predicted octanol–water partition coefficient (Wildman–Crippen LogP) is 1.70. The molecular formula is C14H16FN5O4S. The van der Waals surface area contributed by atoms with Crippen LogP contribution in [0.15, 0.2) is 23.3 Å². The number of amides is 1. The first-order valence-corrected chi connectivity index (χ1v) is 9.46. The van der Waals surface area contributed by atoms with E-state index >= 15 is 0 Å². The third kappa shape index (κ3) is 3.77. The van der Waals surface area contributed by atoms with Gasteiger partial charge in [0.2, 0.25) is 0 Å². The number of benzene rings is 1. The Morgan fingerprint density at radius 2 is 2.08 bits per heavy atom. The van der Waals surface area contributed by atoms with Gasteiger partial charge in [0.05, 0.1) is 36.0 Å². The Labute approximate surface area is 143 Å². The van der Waals surface area contributed by atoms with Gasteiger partial charge in [-0.15, -0.1) is 0 Å². The van der Waals surface area contributed by atoms with Gasteiger partial charge >= 0.3 is 6.09 Å². The molecule has 2 saturated heterocycles. The molecule has 1 amide bonds. The minimum absolute atomic E-state index is 0.00622. The summed E-state index contributed by atoms with van der Waals surface area (Å²) in [5.74, 6) is -0.551. The Balaban J connectivity index is 1.74. The van der Waals surface area contributed by atoms with Crippen LogP contribution in [-0.4, -0.2) is 58.3 Å². The molecule has 2 aliphatic rings. The van der Waals surface area contributed by atoms with E-state index in [2.05, 4.69) is 10.0 Å². The fraction of sp³-hybridized carbons (Fsp3) is 0.500. The fourth-order valence-electron chi connectivity index (χ4n) is 2.83. The van der Waals surface area contributed by atoms with Crippen LogP contribution in [-0.2, 0) is 14.6 Å². The van der Waals surface area contributed by atoms with Crippen molar-refractivity contribution in [3.05, 3.63) is 34.5 Å². The molecule has 0 saturated carbocycles. The van der Waals surface area contributed by atoms with Crippen LogP contribution in [0.2, 0.25) is 0 Å². The Morgan fingerprint density at radius 3 is 2.72 bits per heavy atom. The number of carbonyl (C=O) groups excluding carboxylic acids is 1. The zero-order valence-electron chi connectivity index (χ0n) is 13.2. The molecular weight excluding hydrogens is 353 g/mol. The van der Waals surface area contributed by atoms with Gasteiger partial charge in [0.25, 0.3) is 0 Å². The lowest BCUT2D eigenvalue weighted by molar-refractivity contribution is 0.145. The van der Waals surface area contributed by atoms with Crippen LogP contribution in [0, 0.1) is 5.82 Å². The van der Waals surface area contributed by atoms with Crippen molar-refractivity contribution >= 4 is 27.3 Å². The second-order valence-electron chi connectivity index (χ2n) is 5.80. The van der Waals surface area contributed by atoms with Crippen LogP contribution < -0.4 is 9.80 Å². The molecule has 9 nitrogen and oxygen atoms in total. The number of hydrogen-bond donors (Lipinski definition) is 0. The number of anilines is 2. The highest BCUT2D eigenvalue weighted by Gasteiger charge is 2.32. The number of sulfone groups is 1. The third-order valence-electron chi connectivity index (χ3n) is 4.15. The molecule has 2 fully saturated rings. The summed E-state index contributed by atoms with van der Waals surface area (Å²) in [6, 6.07) is 4.32. The largest absolute Gasteiger partial charge is 0.444 e. The van der Waals surface area contributed by atoms with Crippen LogP contribution in [0.3, 0.4) is 0 Å². The lowest BCUT2D eigenvalue weighted by Gasteiger charge is -2.29. The number of carbonyl (C=O) groups is 1. The van der Waals surface area contributed by atoms with E-state index < -0.39 is 27.9 Å². The smallest absolute Gasteiger partial charge is 0.414 e. The highest BCUT2D eigenvalue weighted by atomic mass is 32.2. The van der Waals surface area contributed by atoms with Crippen molar-refractivity contribution in [2.75, 3.05) is 47.5 Å². The third-order valence-corrected chi connectivity index (χ3v) is 5.76. The van der Waals surface area contributed by atoms with Gasteiger partial charge in [-0.05, 0) is 23.7 Å². The quantitative estimate of drug-likeness (QED) is 0.455. The molecule has 1 aromatic carbocycles. The van der Waals surface area contributed by atoms with E-state index in [1.54, 1.807) is 11.0 Å². The molecule has 134 valence electrons. The van der Waals surface area contributed by atoms with E-state index in [9.17, 15) is 17.6 Å². The molecule has 0 radical (unpaired) electrons. The lowest BCUT2D eigenvalue weighted by atomic mass is 10.2. The summed E-state index contributed by atoms with van der Waals surface area (Å²) in [5, 5.41) is 3.37. The minimum Gasteiger partial charge on any atom is -0.444 e. The highest BCUT2D eigenvalue weighted by Crippen LogP contribution is 2.28. The number of ether oxygens (including phenoxy) is 1. The number of hydrogen-bond acceptors (Lipinski definition) is 6. The summed E-state index contributed by atoms with van der Waals surface area (Å²) in [5.41, 5.74) is 8.95. The summed E-state index contributed by atoms with van der Waals surface area (Å²) in [7, 11) is -3.05. The topological polar surface area (TPSA) is 116 Å². The molecule has 11 heteroatoms. The van der Waals surface area contributed by atoms with Crippen LogP contribution in [0.1, 0.15) is 0 Å². The van der Waals surface area contributed by atoms with E-state index in [-0.39, 0.29) is 37.7 Å². The van der Waals surface area contributed by atoms with Gasteiger partial charge < -0.3 is 9.64 Å². The van der Waals surface area contributed by atoms with E-state index in [4.69, 9.17) is 10.3 Å². The van der Waals surface area contributed by atoms with Gasteiger partial charge in [0, 0.05) is 18.0 Å². The van der Waals surface area contributed by atoms with Gasteiger partial charge in [0.1, 0.15) is 11.9 Å². The molecule has 0 bridgehead atoms. The van der Waals surface area contributed by atoms with Gasteiger partial charge in [-0.2, -0.15) is 0 Å². The highest BCUT2D eigenvalue weighted by molar-refractivity contribution is 7.91. The number of cyclic esters (lactones) is 1. The Bertz CT molecular complexity index is 826. The molecule has 0 N–H and O–H groups in total. The van der Waals surface area contributed by atoms with Crippen molar-refractivity contribution < 1.29 is 22.3 Å². The van der Waals surface area contributed by atoms with Gasteiger partial charge in [-0.1, -0.05) is 5.11 Å². The molecule has 0 aliphatic carbocycles. The van der Waals surface area contributed by atoms with Crippen molar-refractivity contribution in [1.29, 1.82) is 0 Å². The SMILES string of the molecule is [N-]=[N+]=NC[C@H]1CN(c2ccc(N3CCS(=O)(=O)CC3)c(F)c2)C(=O)O1. The van der Waals surface area contributed by atoms with E-state index in [1.807, 2.05) is 0 Å². The van der Waals surface area contributed by atoms with E-state index in [0.29, 0.717) is 11.4 Å². The standard InChI is InChI=1S/C14H16FN5O4S/c15-12-7-10(20-9-11(8-17-18-16)24-14(20)21)1-2-13(12)19-3-5-25(22,23)6-4-19/h1-2,7,11H,3-6,8-9H2/t11-/m0/s1. The van der Waals surface area contributed by atoms with Crippen LogP contribution in [0.4, 0.5) is 20.6 Å². The van der Waals surface area contributed by atoms with Crippen LogP contribution in [0.25, 0.3) is 10.4 Å². The normalized spacial score (nSPS) is 22.4. The first kappa shape index (κ1) is 17.3. The summed E-state index contributed by atoms with van der Waals surface area (Å²) in [4.78, 5) is 17.4. The van der Waals surface area contributed by atoms with Crippen molar-refractivity contribution in [1.82, 2.24) is 0 Å². The van der Waals surface area contributed by atoms with Gasteiger partial charge in [-0.3, -0.25) is 4.90 Å². The molecule has 0 spiro atoms. The maximum atomic E-state index is 14.5. The molecule has 2 heterocycles. The van der Waals surface area contributed by atoms with Crippen molar-refractivity contribution in [3.63, 3.8) is 0 Å². The zero-order chi connectivity index (χ0) is 18.0. The summed E-state index contributed by atoms with van der Waals surface area (Å²) in [6.07, 6.45) is -1.20. The van der Waals surface area contributed by atoms with E-state index in [0.717, 1.165) is 0 Å². The number of rotatable bonds is 4. The van der Waals surface area contributed by atoms with Crippen LogP contribution in [0.5, 0.6) is 0 Å². The zero-order valence-corrected chi connectivity index (χ0v) is 14.0. The second kappa shape index (κ2) is 6.77. The molecule has 1 atom stereocenters. The minimum atomic E-state index is -3.05. The molecule has 0 unspecified atom stereocenters. The average molecular weight is 369 g/mol. The first-order valence-electron chi connectivity index (χ1n) is 7.63. The van der Waals surface area contributed by atoms with E-state index in [1.165, 1.54) is 17.0 Å².